The van der Waals surface area contributed by atoms with Crippen LogP contribution in [-0.4, -0.2) is 36.1 Å². The van der Waals surface area contributed by atoms with Crippen molar-refractivity contribution in [2.75, 3.05) is 19.6 Å². The molecule has 0 aromatic heterocycles. The minimum atomic E-state index is 0.330. The van der Waals surface area contributed by atoms with Gasteiger partial charge in [0, 0.05) is 11.6 Å². The molecule has 1 aliphatic rings. The summed E-state index contributed by atoms with van der Waals surface area (Å²) in [5.74, 6) is 0. The average Bonchev–Trinajstić information content (AvgIpc) is 2.05. The molecule has 1 aliphatic heterocycles. The molecule has 1 fully saturated rings. The van der Waals surface area contributed by atoms with Gasteiger partial charge in [-0.3, -0.25) is 4.90 Å². The first-order valence-electron chi connectivity index (χ1n) is 5.53. The zero-order valence-electron chi connectivity index (χ0n) is 9.56. The lowest BCUT2D eigenvalue weighted by Gasteiger charge is -2.42. The van der Waals surface area contributed by atoms with Gasteiger partial charge in [0.15, 0.2) is 0 Å². The molecular weight excluding hydrogens is 160 g/mol. The van der Waals surface area contributed by atoms with Crippen LogP contribution in [0.2, 0.25) is 0 Å². The number of piperidine rings is 1. The van der Waals surface area contributed by atoms with Gasteiger partial charge in [-0.15, -0.1) is 0 Å². The quantitative estimate of drug-likeness (QED) is 0.704. The summed E-state index contributed by atoms with van der Waals surface area (Å²) in [6.45, 7) is 12.8. The van der Waals surface area contributed by atoms with Gasteiger partial charge in [-0.25, -0.2) is 0 Å². The molecule has 0 amide bonds. The minimum absolute atomic E-state index is 0.330. The fourth-order valence-corrected chi connectivity index (χ4v) is 2.40. The molecule has 0 bridgehead atoms. The highest BCUT2D eigenvalue weighted by atomic mass is 15.2. The maximum absolute atomic E-state index is 3.42. The van der Waals surface area contributed by atoms with Crippen LogP contribution in [0.3, 0.4) is 0 Å². The maximum Gasteiger partial charge on any atom is 0.0127 e. The number of nitrogens with zero attached hydrogens (tertiary/aromatic N) is 1. The van der Waals surface area contributed by atoms with E-state index >= 15 is 0 Å². The monoisotopic (exact) mass is 184 g/mol. The van der Waals surface area contributed by atoms with Crippen LogP contribution < -0.4 is 5.32 Å². The Labute approximate surface area is 82.7 Å². The van der Waals surface area contributed by atoms with Crippen LogP contribution in [0.1, 0.15) is 40.5 Å². The van der Waals surface area contributed by atoms with Gasteiger partial charge in [-0.05, 0) is 53.2 Å². The van der Waals surface area contributed by atoms with Crippen molar-refractivity contribution in [3.63, 3.8) is 0 Å². The van der Waals surface area contributed by atoms with Crippen molar-refractivity contribution >= 4 is 0 Å². The molecule has 1 heterocycles. The zero-order valence-corrected chi connectivity index (χ0v) is 9.56. The third-order valence-electron chi connectivity index (χ3n) is 2.95. The molecule has 1 rings (SSSR count). The Kier molecular flexibility index (Phi) is 3.74. The van der Waals surface area contributed by atoms with Crippen molar-refractivity contribution in [1.29, 1.82) is 0 Å². The molecule has 0 aliphatic carbocycles. The molecule has 1 saturated heterocycles. The lowest BCUT2D eigenvalue weighted by molar-refractivity contribution is 0.0704. The largest absolute Gasteiger partial charge is 0.317 e. The third-order valence-corrected chi connectivity index (χ3v) is 2.95. The molecule has 0 aromatic carbocycles. The van der Waals surface area contributed by atoms with E-state index in [-0.39, 0.29) is 0 Å². The Bertz CT molecular complexity index is 143. The van der Waals surface area contributed by atoms with Crippen molar-refractivity contribution in [3.05, 3.63) is 0 Å². The summed E-state index contributed by atoms with van der Waals surface area (Å²) >= 11 is 0. The van der Waals surface area contributed by atoms with E-state index in [2.05, 4.69) is 37.9 Å². The lowest BCUT2D eigenvalue weighted by Crippen LogP contribution is -2.51. The molecule has 0 spiro atoms. The molecule has 0 saturated carbocycles. The molecule has 0 aromatic rings. The predicted octanol–water partition coefficient (Wildman–Crippen LogP) is 1.86. The summed E-state index contributed by atoms with van der Waals surface area (Å²) in [6.07, 6.45) is 2.62. The zero-order chi connectivity index (χ0) is 9.90. The molecule has 2 nitrogen and oxygen atoms in total. The SMILES string of the molecule is CCN(C1CCNCC1)C(C)(C)C. The van der Waals surface area contributed by atoms with Gasteiger partial charge in [0.25, 0.3) is 0 Å². The van der Waals surface area contributed by atoms with E-state index in [0.717, 1.165) is 6.04 Å². The van der Waals surface area contributed by atoms with Crippen LogP contribution in [-0.2, 0) is 0 Å². The fourth-order valence-electron chi connectivity index (χ4n) is 2.40. The smallest absolute Gasteiger partial charge is 0.0127 e. The molecule has 1 N–H and O–H groups in total. The molecule has 13 heavy (non-hydrogen) atoms. The van der Waals surface area contributed by atoms with Crippen molar-refractivity contribution in [1.82, 2.24) is 10.2 Å². The van der Waals surface area contributed by atoms with Crippen molar-refractivity contribution in [2.24, 2.45) is 0 Å². The lowest BCUT2D eigenvalue weighted by atomic mass is 9.97. The van der Waals surface area contributed by atoms with E-state index in [4.69, 9.17) is 0 Å². The Morgan fingerprint density at radius 1 is 1.23 bits per heavy atom. The normalized spacial score (nSPS) is 21.0. The van der Waals surface area contributed by atoms with Crippen LogP contribution in [0.5, 0.6) is 0 Å². The van der Waals surface area contributed by atoms with E-state index in [1.54, 1.807) is 0 Å². The number of nitrogens with one attached hydrogen (secondary N) is 1. The Morgan fingerprint density at radius 2 is 1.77 bits per heavy atom. The van der Waals surface area contributed by atoms with Gasteiger partial charge in [0.2, 0.25) is 0 Å². The highest BCUT2D eigenvalue weighted by Crippen LogP contribution is 2.21. The fraction of sp³-hybridized carbons (Fsp3) is 1.00. The molecule has 0 unspecified atom stereocenters. The van der Waals surface area contributed by atoms with Gasteiger partial charge in [-0.1, -0.05) is 6.92 Å². The first kappa shape index (κ1) is 11.0. The summed E-state index contributed by atoms with van der Waals surface area (Å²) in [7, 11) is 0. The first-order valence-corrected chi connectivity index (χ1v) is 5.53. The topological polar surface area (TPSA) is 15.3 Å². The van der Waals surface area contributed by atoms with Crippen molar-refractivity contribution < 1.29 is 0 Å². The van der Waals surface area contributed by atoms with Gasteiger partial charge >= 0.3 is 0 Å². The summed E-state index contributed by atoms with van der Waals surface area (Å²) in [5, 5.41) is 3.42. The van der Waals surface area contributed by atoms with Gasteiger partial charge < -0.3 is 5.32 Å². The van der Waals surface area contributed by atoms with E-state index in [9.17, 15) is 0 Å². The van der Waals surface area contributed by atoms with E-state index in [1.807, 2.05) is 0 Å². The molecule has 0 radical (unpaired) electrons. The Balaban J connectivity index is 2.54. The molecular formula is C11H24N2. The van der Waals surface area contributed by atoms with Gasteiger partial charge in [-0.2, -0.15) is 0 Å². The second kappa shape index (κ2) is 4.43. The highest BCUT2D eigenvalue weighted by Gasteiger charge is 2.28. The molecule has 78 valence electrons. The molecule has 0 atom stereocenters. The van der Waals surface area contributed by atoms with Crippen molar-refractivity contribution in [2.45, 2.75) is 52.1 Å². The van der Waals surface area contributed by atoms with Crippen LogP contribution in [0.25, 0.3) is 0 Å². The number of rotatable bonds is 2. The highest BCUT2D eigenvalue weighted by molar-refractivity contribution is 4.85. The number of hydrogen-bond donors (Lipinski definition) is 1. The summed E-state index contributed by atoms with van der Waals surface area (Å²) < 4.78 is 0. The standard InChI is InChI=1S/C11H24N2/c1-5-13(11(2,3)4)10-6-8-12-9-7-10/h10,12H,5-9H2,1-4H3. The van der Waals surface area contributed by atoms with Crippen LogP contribution in [0, 0.1) is 0 Å². The second-order valence-electron chi connectivity index (χ2n) is 4.94. The van der Waals surface area contributed by atoms with E-state index in [1.165, 1.54) is 32.5 Å². The van der Waals surface area contributed by atoms with Crippen LogP contribution in [0.4, 0.5) is 0 Å². The van der Waals surface area contributed by atoms with Crippen molar-refractivity contribution in [3.8, 4) is 0 Å². The summed E-state index contributed by atoms with van der Waals surface area (Å²) in [6, 6.07) is 0.797. The van der Waals surface area contributed by atoms with E-state index in [0.29, 0.717) is 5.54 Å². The van der Waals surface area contributed by atoms with Gasteiger partial charge in [0.1, 0.15) is 0 Å². The van der Waals surface area contributed by atoms with E-state index < -0.39 is 0 Å². The average molecular weight is 184 g/mol. The van der Waals surface area contributed by atoms with Crippen LogP contribution in [0.15, 0.2) is 0 Å². The Morgan fingerprint density at radius 3 is 2.15 bits per heavy atom. The summed E-state index contributed by atoms with van der Waals surface area (Å²) in [4.78, 5) is 2.63. The van der Waals surface area contributed by atoms with Gasteiger partial charge in [0.05, 0.1) is 0 Å². The Hall–Kier alpha value is -0.0800. The summed E-state index contributed by atoms with van der Waals surface area (Å²) in [5.41, 5.74) is 0.330. The number of hydrogen-bond acceptors (Lipinski definition) is 2. The first-order chi connectivity index (χ1) is 6.05. The second-order valence-corrected chi connectivity index (χ2v) is 4.94. The maximum atomic E-state index is 3.42. The minimum Gasteiger partial charge on any atom is -0.317 e. The van der Waals surface area contributed by atoms with Crippen LogP contribution >= 0.6 is 0 Å². The predicted molar refractivity (Wildman–Crippen MR) is 58.0 cm³/mol. The molecule has 2 heteroatoms. The third kappa shape index (κ3) is 2.96.